The minimum atomic E-state index is -0.938. The normalized spacial score (nSPS) is 15.5. The van der Waals surface area contributed by atoms with Gasteiger partial charge in [0.15, 0.2) is 0 Å². The lowest BCUT2D eigenvalue weighted by atomic mass is 10.1. The Morgan fingerprint density at radius 3 is 2.65 bits per heavy atom. The maximum Gasteiger partial charge on any atom is 0.335 e. The van der Waals surface area contributed by atoms with E-state index in [1.807, 2.05) is 0 Å². The minimum absolute atomic E-state index is 0.0569. The molecule has 0 aliphatic carbocycles. The number of hydrogen-bond acceptors (Lipinski definition) is 2. The third-order valence-corrected chi connectivity index (χ3v) is 2.74. The first-order valence-corrected chi connectivity index (χ1v) is 5.52. The molecule has 0 radical (unpaired) electrons. The van der Waals surface area contributed by atoms with E-state index in [4.69, 9.17) is 5.11 Å². The number of carbonyl (C=O) groups is 2. The number of aromatic carboxylic acids is 1. The first-order chi connectivity index (χ1) is 8.16. The van der Waals surface area contributed by atoms with Crippen LogP contribution in [-0.4, -0.2) is 35.1 Å². The Balaban J connectivity index is 2.03. The molecule has 1 aliphatic rings. The maximum atomic E-state index is 11.5. The van der Waals surface area contributed by atoms with E-state index in [9.17, 15) is 9.59 Å². The van der Waals surface area contributed by atoms with Crippen molar-refractivity contribution in [2.75, 3.05) is 13.1 Å². The number of amides is 2. The van der Waals surface area contributed by atoms with Crippen molar-refractivity contribution in [2.24, 2.45) is 0 Å². The molecule has 1 saturated heterocycles. The quantitative estimate of drug-likeness (QED) is 0.828. The van der Waals surface area contributed by atoms with Gasteiger partial charge in [-0.15, -0.1) is 0 Å². The van der Waals surface area contributed by atoms with Crippen molar-refractivity contribution in [3.05, 3.63) is 35.4 Å². The Hall–Kier alpha value is -2.04. The van der Waals surface area contributed by atoms with Gasteiger partial charge in [-0.05, 0) is 24.1 Å². The zero-order valence-corrected chi connectivity index (χ0v) is 9.35. The van der Waals surface area contributed by atoms with Crippen molar-refractivity contribution < 1.29 is 14.7 Å². The predicted molar refractivity (Wildman–Crippen MR) is 61.8 cm³/mol. The molecule has 1 fully saturated rings. The second kappa shape index (κ2) is 4.86. The Bertz CT molecular complexity index is 428. The molecule has 2 amide bonds. The predicted octanol–water partition coefficient (Wildman–Crippen LogP) is 1.30. The van der Waals surface area contributed by atoms with E-state index in [0.29, 0.717) is 6.54 Å². The van der Waals surface area contributed by atoms with Crippen LogP contribution in [0, 0.1) is 0 Å². The molecule has 0 bridgehead atoms. The fraction of sp³-hybridized carbons (Fsp3) is 0.333. The molecule has 17 heavy (non-hydrogen) atoms. The highest BCUT2D eigenvalue weighted by molar-refractivity contribution is 5.87. The van der Waals surface area contributed by atoms with Gasteiger partial charge in [0, 0.05) is 19.6 Å². The van der Waals surface area contributed by atoms with Gasteiger partial charge in [-0.25, -0.2) is 9.59 Å². The fourth-order valence-corrected chi connectivity index (χ4v) is 1.80. The van der Waals surface area contributed by atoms with Gasteiger partial charge in [0.2, 0.25) is 0 Å². The Morgan fingerprint density at radius 2 is 2.06 bits per heavy atom. The number of urea groups is 1. The Labute approximate surface area is 99.0 Å². The van der Waals surface area contributed by atoms with Gasteiger partial charge in [-0.1, -0.05) is 12.1 Å². The number of carboxylic acids is 1. The van der Waals surface area contributed by atoms with Crippen molar-refractivity contribution >= 4 is 12.0 Å². The van der Waals surface area contributed by atoms with Crippen LogP contribution >= 0.6 is 0 Å². The number of benzene rings is 1. The highest BCUT2D eigenvalue weighted by Crippen LogP contribution is 2.10. The largest absolute Gasteiger partial charge is 0.478 e. The molecule has 0 aromatic heterocycles. The summed E-state index contributed by atoms with van der Waals surface area (Å²) in [7, 11) is 0. The summed E-state index contributed by atoms with van der Waals surface area (Å²) in [5.74, 6) is -0.938. The topological polar surface area (TPSA) is 69.6 Å². The molecular formula is C12H14N2O3. The van der Waals surface area contributed by atoms with Crippen molar-refractivity contribution in [2.45, 2.75) is 13.0 Å². The number of nitrogens with zero attached hydrogens (tertiary/aromatic N) is 1. The van der Waals surface area contributed by atoms with Gasteiger partial charge < -0.3 is 15.3 Å². The van der Waals surface area contributed by atoms with Crippen LogP contribution in [0.25, 0.3) is 0 Å². The molecule has 0 atom stereocenters. The number of rotatable bonds is 3. The molecule has 1 aliphatic heterocycles. The molecule has 1 aromatic rings. The SMILES string of the molecule is O=C(O)c1ccc(CN2CCCNC2=O)cc1. The first-order valence-electron chi connectivity index (χ1n) is 5.52. The molecule has 5 heteroatoms. The summed E-state index contributed by atoms with van der Waals surface area (Å²) in [6, 6.07) is 6.54. The lowest BCUT2D eigenvalue weighted by Gasteiger charge is -2.27. The summed E-state index contributed by atoms with van der Waals surface area (Å²) in [5.41, 5.74) is 1.20. The summed E-state index contributed by atoms with van der Waals surface area (Å²) in [4.78, 5) is 23.9. The van der Waals surface area contributed by atoms with Gasteiger partial charge in [0.05, 0.1) is 5.56 Å². The Kier molecular flexibility index (Phi) is 3.27. The molecule has 0 spiro atoms. The van der Waals surface area contributed by atoms with Gasteiger partial charge >= 0.3 is 12.0 Å². The Morgan fingerprint density at radius 1 is 1.35 bits per heavy atom. The minimum Gasteiger partial charge on any atom is -0.478 e. The molecule has 90 valence electrons. The van der Waals surface area contributed by atoms with Crippen LogP contribution in [0.3, 0.4) is 0 Å². The summed E-state index contributed by atoms with van der Waals surface area (Å²) < 4.78 is 0. The lowest BCUT2D eigenvalue weighted by Crippen LogP contribution is -2.45. The molecule has 1 aromatic carbocycles. The summed E-state index contributed by atoms with van der Waals surface area (Å²) in [6.07, 6.45) is 0.943. The van der Waals surface area contributed by atoms with E-state index in [2.05, 4.69) is 5.32 Å². The van der Waals surface area contributed by atoms with Crippen LogP contribution < -0.4 is 5.32 Å². The monoisotopic (exact) mass is 234 g/mol. The van der Waals surface area contributed by atoms with Crippen molar-refractivity contribution in [1.82, 2.24) is 10.2 Å². The highest BCUT2D eigenvalue weighted by atomic mass is 16.4. The zero-order chi connectivity index (χ0) is 12.3. The molecular weight excluding hydrogens is 220 g/mol. The molecule has 1 heterocycles. The van der Waals surface area contributed by atoms with E-state index in [-0.39, 0.29) is 11.6 Å². The number of carboxylic acid groups (broad SMARTS) is 1. The van der Waals surface area contributed by atoms with Crippen LogP contribution in [0.1, 0.15) is 22.3 Å². The molecule has 0 unspecified atom stereocenters. The summed E-state index contributed by atoms with van der Waals surface area (Å²) >= 11 is 0. The average Bonchev–Trinajstić information content (AvgIpc) is 2.33. The van der Waals surface area contributed by atoms with Crippen molar-refractivity contribution in [3.63, 3.8) is 0 Å². The van der Waals surface area contributed by atoms with Crippen LogP contribution in [-0.2, 0) is 6.54 Å². The van der Waals surface area contributed by atoms with Crippen LogP contribution in [0.4, 0.5) is 4.79 Å². The smallest absolute Gasteiger partial charge is 0.335 e. The fourth-order valence-electron chi connectivity index (χ4n) is 1.80. The van der Waals surface area contributed by atoms with Gasteiger partial charge in [0.1, 0.15) is 0 Å². The zero-order valence-electron chi connectivity index (χ0n) is 9.35. The highest BCUT2D eigenvalue weighted by Gasteiger charge is 2.17. The molecule has 2 rings (SSSR count). The van der Waals surface area contributed by atoms with E-state index in [1.165, 1.54) is 0 Å². The van der Waals surface area contributed by atoms with E-state index in [0.717, 1.165) is 25.1 Å². The van der Waals surface area contributed by atoms with E-state index >= 15 is 0 Å². The molecule has 2 N–H and O–H groups in total. The van der Waals surface area contributed by atoms with Gasteiger partial charge in [0.25, 0.3) is 0 Å². The standard InChI is InChI=1S/C12H14N2O3/c15-11(16)10-4-2-9(3-5-10)8-14-7-1-6-13-12(14)17/h2-5H,1,6-8H2,(H,13,17)(H,15,16). The summed E-state index contributed by atoms with van der Waals surface area (Å²) in [5, 5.41) is 11.5. The van der Waals surface area contributed by atoms with Crippen molar-refractivity contribution in [3.8, 4) is 0 Å². The van der Waals surface area contributed by atoms with Crippen LogP contribution in [0.5, 0.6) is 0 Å². The number of carbonyl (C=O) groups excluding carboxylic acids is 1. The van der Waals surface area contributed by atoms with Crippen LogP contribution in [0.15, 0.2) is 24.3 Å². The number of hydrogen-bond donors (Lipinski definition) is 2. The third-order valence-electron chi connectivity index (χ3n) is 2.74. The molecule has 5 nitrogen and oxygen atoms in total. The average molecular weight is 234 g/mol. The van der Waals surface area contributed by atoms with Gasteiger partial charge in [-0.2, -0.15) is 0 Å². The van der Waals surface area contributed by atoms with E-state index < -0.39 is 5.97 Å². The maximum absolute atomic E-state index is 11.5. The molecule has 0 saturated carbocycles. The second-order valence-corrected chi connectivity index (χ2v) is 4.01. The summed E-state index contributed by atoms with van der Waals surface area (Å²) in [6.45, 7) is 1.99. The second-order valence-electron chi connectivity index (χ2n) is 4.01. The van der Waals surface area contributed by atoms with Gasteiger partial charge in [-0.3, -0.25) is 0 Å². The number of nitrogens with one attached hydrogen (secondary N) is 1. The van der Waals surface area contributed by atoms with Crippen LogP contribution in [0.2, 0.25) is 0 Å². The first kappa shape index (κ1) is 11.4. The lowest BCUT2D eigenvalue weighted by molar-refractivity contribution is 0.0697. The van der Waals surface area contributed by atoms with E-state index in [1.54, 1.807) is 29.2 Å². The third kappa shape index (κ3) is 2.75. The van der Waals surface area contributed by atoms with Crippen molar-refractivity contribution in [1.29, 1.82) is 0 Å².